The normalized spacial score (nSPS) is 22.7. The highest BCUT2D eigenvalue weighted by Crippen LogP contribution is 2.38. The second-order valence-electron chi connectivity index (χ2n) is 8.99. The van der Waals surface area contributed by atoms with Gasteiger partial charge in [0.05, 0.1) is 6.61 Å². The van der Waals surface area contributed by atoms with Gasteiger partial charge in [-0.15, -0.1) is 24.0 Å². The summed E-state index contributed by atoms with van der Waals surface area (Å²) in [5.41, 5.74) is 5.87. The van der Waals surface area contributed by atoms with E-state index in [1.807, 2.05) is 7.05 Å². The van der Waals surface area contributed by atoms with Gasteiger partial charge in [0.25, 0.3) is 0 Å². The lowest BCUT2D eigenvalue weighted by Crippen LogP contribution is -2.41. The largest absolute Gasteiger partial charge is 0.381 e. The quantitative estimate of drug-likeness (QED) is 0.367. The van der Waals surface area contributed by atoms with E-state index in [2.05, 4.69) is 68.6 Å². The first-order valence-electron chi connectivity index (χ1n) is 11.2. The van der Waals surface area contributed by atoms with Gasteiger partial charge < -0.3 is 19.9 Å². The number of fused-ring (bicyclic) bond motifs is 1. The number of halogens is 1. The van der Waals surface area contributed by atoms with Crippen LogP contribution in [0.5, 0.6) is 0 Å². The molecule has 3 heterocycles. The summed E-state index contributed by atoms with van der Waals surface area (Å²) in [7, 11) is 1.88. The summed E-state index contributed by atoms with van der Waals surface area (Å²) < 4.78 is 5.66. The van der Waals surface area contributed by atoms with Gasteiger partial charge in [-0.05, 0) is 42.0 Å². The average Bonchev–Trinajstić information content (AvgIpc) is 3.52. The molecule has 2 saturated heterocycles. The molecule has 5 nitrogen and oxygen atoms in total. The van der Waals surface area contributed by atoms with Crippen molar-refractivity contribution < 1.29 is 4.74 Å². The van der Waals surface area contributed by atoms with E-state index in [1.165, 1.54) is 35.2 Å². The number of anilines is 1. The molecule has 1 atom stereocenters. The minimum atomic E-state index is 0. The molecule has 31 heavy (non-hydrogen) atoms. The molecule has 5 rings (SSSR count). The predicted octanol–water partition coefficient (Wildman–Crippen LogP) is 4.06. The Morgan fingerprint density at radius 1 is 1.06 bits per heavy atom. The zero-order valence-electron chi connectivity index (χ0n) is 18.3. The third-order valence-corrected chi connectivity index (χ3v) is 6.97. The van der Waals surface area contributed by atoms with E-state index in [0.717, 1.165) is 58.3 Å². The van der Waals surface area contributed by atoms with Crippen molar-refractivity contribution in [3.8, 4) is 0 Å². The monoisotopic (exact) mass is 532 g/mol. The number of hydrogen-bond donors (Lipinski definition) is 1. The number of ether oxygens (including phenoxy) is 1. The summed E-state index contributed by atoms with van der Waals surface area (Å²) in [6.07, 6.45) is 3.55. The van der Waals surface area contributed by atoms with Crippen molar-refractivity contribution in [2.45, 2.75) is 32.4 Å². The highest BCUT2D eigenvalue weighted by Gasteiger charge is 2.42. The SMILES string of the molecule is CN=C(NCc1ccc(CN2CCc3ccccc32)cc1)N1CCC2(CCOC2)C1.I. The number of nitrogens with one attached hydrogen (secondary N) is 1. The fraction of sp³-hybridized carbons (Fsp3) is 0.480. The molecule has 0 bridgehead atoms. The lowest BCUT2D eigenvalue weighted by molar-refractivity contribution is 0.156. The van der Waals surface area contributed by atoms with E-state index in [-0.39, 0.29) is 24.0 Å². The molecule has 166 valence electrons. The van der Waals surface area contributed by atoms with Crippen LogP contribution < -0.4 is 10.2 Å². The molecule has 3 aliphatic heterocycles. The second kappa shape index (κ2) is 9.77. The van der Waals surface area contributed by atoms with Gasteiger partial charge in [-0.3, -0.25) is 4.99 Å². The molecule has 0 saturated carbocycles. The van der Waals surface area contributed by atoms with Crippen LogP contribution in [0.1, 0.15) is 29.5 Å². The number of likely N-dealkylation sites (tertiary alicyclic amines) is 1. The molecule has 3 aliphatic rings. The van der Waals surface area contributed by atoms with Crippen molar-refractivity contribution in [1.82, 2.24) is 10.2 Å². The number of rotatable bonds is 4. The topological polar surface area (TPSA) is 40.1 Å². The fourth-order valence-electron chi connectivity index (χ4n) is 5.15. The highest BCUT2D eigenvalue weighted by molar-refractivity contribution is 14.0. The standard InChI is InChI=1S/C25H32N4O.HI/c1-26-24(29-14-11-25(18-29)12-15-30-19-25)27-16-20-6-8-21(9-7-20)17-28-13-10-22-4-2-3-5-23(22)28;/h2-9H,10-19H2,1H3,(H,26,27);1H. The zero-order valence-corrected chi connectivity index (χ0v) is 20.7. The molecule has 0 aliphatic carbocycles. The summed E-state index contributed by atoms with van der Waals surface area (Å²) in [4.78, 5) is 9.41. The number of aliphatic imine (C=N–C) groups is 1. The van der Waals surface area contributed by atoms with Crippen LogP contribution in [0.2, 0.25) is 0 Å². The first-order chi connectivity index (χ1) is 14.7. The van der Waals surface area contributed by atoms with Gasteiger partial charge in [0.1, 0.15) is 0 Å². The second-order valence-corrected chi connectivity index (χ2v) is 8.99. The first kappa shape index (κ1) is 22.4. The molecule has 1 unspecified atom stereocenters. The Bertz CT molecular complexity index is 908. The van der Waals surface area contributed by atoms with Crippen molar-refractivity contribution in [2.75, 3.05) is 44.8 Å². The third-order valence-electron chi connectivity index (χ3n) is 6.97. The predicted molar refractivity (Wildman–Crippen MR) is 137 cm³/mol. The van der Waals surface area contributed by atoms with Crippen molar-refractivity contribution in [1.29, 1.82) is 0 Å². The lowest BCUT2D eigenvalue weighted by Gasteiger charge is -2.25. The molecule has 2 fully saturated rings. The zero-order chi connectivity index (χ0) is 20.4. The van der Waals surface area contributed by atoms with Crippen LogP contribution in [0.15, 0.2) is 53.5 Å². The van der Waals surface area contributed by atoms with Crippen LogP contribution in [0.3, 0.4) is 0 Å². The molecule has 0 aromatic heterocycles. The molecule has 1 spiro atoms. The van der Waals surface area contributed by atoms with Crippen LogP contribution >= 0.6 is 24.0 Å². The first-order valence-corrected chi connectivity index (χ1v) is 11.2. The van der Waals surface area contributed by atoms with Crippen molar-refractivity contribution in [3.63, 3.8) is 0 Å². The Balaban J connectivity index is 0.00000231. The smallest absolute Gasteiger partial charge is 0.193 e. The van der Waals surface area contributed by atoms with Gasteiger partial charge in [0, 0.05) is 57.5 Å². The third kappa shape index (κ3) is 4.85. The Morgan fingerprint density at radius 2 is 1.87 bits per heavy atom. The molecular weight excluding hydrogens is 499 g/mol. The maximum atomic E-state index is 5.66. The Labute approximate surface area is 202 Å². The number of para-hydroxylation sites is 1. The van der Waals surface area contributed by atoms with Crippen LogP contribution in [0.25, 0.3) is 0 Å². The number of hydrogen-bond acceptors (Lipinski definition) is 3. The molecule has 1 N–H and O–H groups in total. The van der Waals surface area contributed by atoms with Crippen LogP contribution in [-0.2, 0) is 24.2 Å². The van der Waals surface area contributed by atoms with Gasteiger partial charge in [-0.25, -0.2) is 0 Å². The summed E-state index contributed by atoms with van der Waals surface area (Å²) >= 11 is 0. The van der Waals surface area contributed by atoms with E-state index in [0.29, 0.717) is 5.41 Å². The molecule has 0 amide bonds. The van der Waals surface area contributed by atoms with Gasteiger partial charge in [0.2, 0.25) is 0 Å². The minimum Gasteiger partial charge on any atom is -0.381 e. The summed E-state index contributed by atoms with van der Waals surface area (Å²) in [5.74, 6) is 1.01. The van der Waals surface area contributed by atoms with Crippen LogP contribution in [-0.4, -0.2) is 50.8 Å². The summed E-state index contributed by atoms with van der Waals surface area (Å²) in [6, 6.07) is 17.8. The van der Waals surface area contributed by atoms with Crippen molar-refractivity contribution in [2.24, 2.45) is 10.4 Å². The number of nitrogens with zero attached hydrogens (tertiary/aromatic N) is 3. The highest BCUT2D eigenvalue weighted by atomic mass is 127. The van der Waals surface area contributed by atoms with Gasteiger partial charge >= 0.3 is 0 Å². The van der Waals surface area contributed by atoms with E-state index in [4.69, 9.17) is 4.74 Å². The van der Waals surface area contributed by atoms with Gasteiger partial charge in [-0.2, -0.15) is 0 Å². The Hall–Kier alpha value is -1.80. The molecule has 6 heteroatoms. The van der Waals surface area contributed by atoms with E-state index < -0.39 is 0 Å². The van der Waals surface area contributed by atoms with Crippen molar-refractivity contribution in [3.05, 3.63) is 65.2 Å². The van der Waals surface area contributed by atoms with Crippen LogP contribution in [0, 0.1) is 5.41 Å². The van der Waals surface area contributed by atoms with Gasteiger partial charge in [-0.1, -0.05) is 42.5 Å². The molecule has 2 aromatic rings. The maximum absolute atomic E-state index is 5.66. The Kier molecular flexibility index (Phi) is 7.06. The van der Waals surface area contributed by atoms with E-state index in [1.54, 1.807) is 0 Å². The maximum Gasteiger partial charge on any atom is 0.193 e. The minimum absolute atomic E-state index is 0. The summed E-state index contributed by atoms with van der Waals surface area (Å²) in [6.45, 7) is 6.84. The lowest BCUT2D eigenvalue weighted by atomic mass is 9.87. The Morgan fingerprint density at radius 3 is 2.65 bits per heavy atom. The molecule has 2 aromatic carbocycles. The summed E-state index contributed by atoms with van der Waals surface area (Å²) in [5, 5.41) is 3.56. The van der Waals surface area contributed by atoms with E-state index >= 15 is 0 Å². The van der Waals surface area contributed by atoms with Crippen LogP contribution in [0.4, 0.5) is 5.69 Å². The average molecular weight is 532 g/mol. The van der Waals surface area contributed by atoms with Gasteiger partial charge in [0.15, 0.2) is 5.96 Å². The molecule has 0 radical (unpaired) electrons. The molecular formula is C25H33IN4O. The number of guanidine groups is 1. The van der Waals surface area contributed by atoms with Crippen molar-refractivity contribution >= 4 is 35.6 Å². The number of benzene rings is 2. The fourth-order valence-corrected chi connectivity index (χ4v) is 5.15. The van der Waals surface area contributed by atoms with E-state index in [9.17, 15) is 0 Å².